The standard InChI is InChI=1S/C27H36N2O3S/c1-3-4-7-22(30)17-28(16-21-9-10-21)18-27(31)29-13-11-26-24(12-14-33-26)25(29)19-32-23-8-5-6-20(2)15-23/h3,5-6,8,12,14-15,21-22,25,30H,1,4,7,9-11,13,16-19H2,2H3. The third kappa shape index (κ3) is 6.69. The Morgan fingerprint density at radius 1 is 1.39 bits per heavy atom. The molecule has 4 rings (SSSR count). The normalized spacial score (nSPS) is 18.8. The molecule has 33 heavy (non-hydrogen) atoms. The van der Waals surface area contributed by atoms with Crippen LogP contribution in [0.4, 0.5) is 0 Å². The van der Waals surface area contributed by atoms with Gasteiger partial charge in [0, 0.05) is 24.5 Å². The maximum atomic E-state index is 13.5. The molecule has 1 amide bonds. The number of carbonyl (C=O) groups excluding carboxylic acids is 1. The van der Waals surface area contributed by atoms with Crippen LogP contribution in [0.3, 0.4) is 0 Å². The summed E-state index contributed by atoms with van der Waals surface area (Å²) in [4.78, 5) is 19.1. The fraction of sp³-hybridized carbons (Fsp3) is 0.519. The molecule has 1 N–H and O–H groups in total. The molecule has 1 aliphatic carbocycles. The summed E-state index contributed by atoms with van der Waals surface area (Å²) in [6, 6.07) is 10.1. The van der Waals surface area contributed by atoms with Crippen molar-refractivity contribution in [3.05, 3.63) is 64.4 Å². The van der Waals surface area contributed by atoms with E-state index in [9.17, 15) is 9.90 Å². The Bertz CT molecular complexity index is 939. The summed E-state index contributed by atoms with van der Waals surface area (Å²) in [6.45, 7) is 8.74. The molecule has 1 fully saturated rings. The Hall–Kier alpha value is -2.15. The van der Waals surface area contributed by atoms with Gasteiger partial charge in [-0.25, -0.2) is 0 Å². The van der Waals surface area contributed by atoms with E-state index in [0.717, 1.165) is 30.7 Å². The number of amides is 1. The molecule has 2 atom stereocenters. The van der Waals surface area contributed by atoms with Crippen molar-refractivity contribution in [2.45, 2.75) is 51.2 Å². The van der Waals surface area contributed by atoms with E-state index in [1.54, 1.807) is 11.3 Å². The fourth-order valence-corrected chi connectivity index (χ4v) is 5.53. The lowest BCUT2D eigenvalue weighted by Gasteiger charge is -2.37. The summed E-state index contributed by atoms with van der Waals surface area (Å²) in [5, 5.41) is 12.6. The number of benzene rings is 1. The average molecular weight is 469 g/mol. The minimum absolute atomic E-state index is 0.0820. The van der Waals surface area contributed by atoms with Crippen molar-refractivity contribution in [2.24, 2.45) is 5.92 Å². The first-order chi connectivity index (χ1) is 16.0. The van der Waals surface area contributed by atoms with Gasteiger partial charge in [-0.15, -0.1) is 17.9 Å². The van der Waals surface area contributed by atoms with Crippen molar-refractivity contribution in [3.8, 4) is 5.75 Å². The Morgan fingerprint density at radius 3 is 3.00 bits per heavy atom. The lowest BCUT2D eigenvalue weighted by molar-refractivity contribution is -0.136. The highest BCUT2D eigenvalue weighted by Crippen LogP contribution is 2.34. The van der Waals surface area contributed by atoms with Gasteiger partial charge >= 0.3 is 0 Å². The molecule has 2 unspecified atom stereocenters. The van der Waals surface area contributed by atoms with Gasteiger partial charge in [-0.3, -0.25) is 9.69 Å². The zero-order valence-electron chi connectivity index (χ0n) is 19.6. The molecule has 2 aromatic rings. The molecule has 0 radical (unpaired) electrons. The van der Waals surface area contributed by atoms with Crippen LogP contribution in [0, 0.1) is 12.8 Å². The minimum Gasteiger partial charge on any atom is -0.491 e. The number of fused-ring (bicyclic) bond motifs is 1. The van der Waals surface area contributed by atoms with Gasteiger partial charge in [0.25, 0.3) is 0 Å². The topological polar surface area (TPSA) is 53.0 Å². The summed E-state index contributed by atoms with van der Waals surface area (Å²) < 4.78 is 6.17. The number of ether oxygens (including phenoxy) is 1. The van der Waals surface area contributed by atoms with Crippen LogP contribution in [0.15, 0.2) is 48.4 Å². The van der Waals surface area contributed by atoms with Gasteiger partial charge in [0.1, 0.15) is 12.4 Å². The number of carbonyl (C=O) groups is 1. The molecule has 178 valence electrons. The predicted octanol–water partition coefficient (Wildman–Crippen LogP) is 4.60. The van der Waals surface area contributed by atoms with Crippen molar-refractivity contribution in [2.75, 3.05) is 32.8 Å². The lowest BCUT2D eigenvalue weighted by atomic mass is 10.00. The van der Waals surface area contributed by atoms with Gasteiger partial charge < -0.3 is 14.7 Å². The second kappa shape index (κ2) is 11.3. The SMILES string of the molecule is C=CCCC(O)CN(CC(=O)N1CCc2sccc2C1COc1cccc(C)c1)CC1CC1. The first-order valence-electron chi connectivity index (χ1n) is 12.1. The van der Waals surface area contributed by atoms with Crippen LogP contribution in [0.5, 0.6) is 5.75 Å². The van der Waals surface area contributed by atoms with Crippen molar-refractivity contribution in [1.82, 2.24) is 9.80 Å². The molecule has 1 aromatic heterocycles. The van der Waals surface area contributed by atoms with Gasteiger partial charge in [0.2, 0.25) is 5.91 Å². The van der Waals surface area contributed by atoms with Crippen LogP contribution in [0.2, 0.25) is 0 Å². The lowest BCUT2D eigenvalue weighted by Crippen LogP contribution is -2.48. The van der Waals surface area contributed by atoms with Crippen molar-refractivity contribution < 1.29 is 14.6 Å². The van der Waals surface area contributed by atoms with Gasteiger partial charge in [-0.05, 0) is 79.7 Å². The molecule has 0 saturated heterocycles. The first-order valence-corrected chi connectivity index (χ1v) is 13.0. The highest BCUT2D eigenvalue weighted by molar-refractivity contribution is 7.10. The van der Waals surface area contributed by atoms with Crippen molar-refractivity contribution in [1.29, 1.82) is 0 Å². The van der Waals surface area contributed by atoms with Crippen LogP contribution in [-0.2, 0) is 11.2 Å². The molecule has 2 heterocycles. The molecule has 1 aliphatic heterocycles. The molecule has 1 saturated carbocycles. The summed E-state index contributed by atoms with van der Waals surface area (Å²) in [7, 11) is 0. The number of rotatable bonds is 12. The molecular weight excluding hydrogens is 432 g/mol. The van der Waals surface area contributed by atoms with Crippen LogP contribution in [-0.4, -0.2) is 59.7 Å². The summed E-state index contributed by atoms with van der Waals surface area (Å²) in [5.41, 5.74) is 2.37. The Kier molecular flexibility index (Phi) is 8.23. The van der Waals surface area contributed by atoms with E-state index in [0.29, 0.717) is 38.6 Å². The van der Waals surface area contributed by atoms with Crippen LogP contribution in [0.1, 0.15) is 47.7 Å². The zero-order chi connectivity index (χ0) is 23.2. The number of aryl methyl sites for hydroxylation is 1. The van der Waals surface area contributed by atoms with E-state index in [1.807, 2.05) is 29.2 Å². The monoisotopic (exact) mass is 468 g/mol. The highest BCUT2D eigenvalue weighted by atomic mass is 32.1. The summed E-state index contributed by atoms with van der Waals surface area (Å²) in [5.74, 6) is 1.63. The van der Waals surface area contributed by atoms with E-state index in [2.05, 4.69) is 35.9 Å². The summed E-state index contributed by atoms with van der Waals surface area (Å²) >= 11 is 1.77. The largest absolute Gasteiger partial charge is 0.491 e. The number of thiophene rings is 1. The molecule has 1 aromatic carbocycles. The zero-order valence-corrected chi connectivity index (χ0v) is 20.4. The maximum absolute atomic E-state index is 13.5. The molecule has 2 aliphatic rings. The Morgan fingerprint density at radius 2 is 2.24 bits per heavy atom. The first kappa shape index (κ1) is 24.0. The van der Waals surface area contributed by atoms with Gasteiger partial charge in [-0.2, -0.15) is 0 Å². The third-order valence-electron chi connectivity index (χ3n) is 6.56. The quantitative estimate of drug-likeness (QED) is 0.463. The van der Waals surface area contributed by atoms with E-state index < -0.39 is 6.10 Å². The highest BCUT2D eigenvalue weighted by Gasteiger charge is 2.34. The molecule has 6 heteroatoms. The third-order valence-corrected chi connectivity index (χ3v) is 7.55. The number of hydrogen-bond donors (Lipinski definition) is 1. The molecule has 5 nitrogen and oxygen atoms in total. The maximum Gasteiger partial charge on any atom is 0.237 e. The van der Waals surface area contributed by atoms with Crippen LogP contribution in [0.25, 0.3) is 0 Å². The number of nitrogens with zero attached hydrogens (tertiary/aromatic N) is 2. The average Bonchev–Trinajstić information content (AvgIpc) is 3.47. The fourth-order valence-electron chi connectivity index (χ4n) is 4.61. The van der Waals surface area contributed by atoms with Crippen molar-refractivity contribution >= 4 is 17.2 Å². The van der Waals surface area contributed by atoms with Crippen LogP contribution < -0.4 is 4.74 Å². The smallest absolute Gasteiger partial charge is 0.237 e. The number of allylic oxidation sites excluding steroid dienone is 1. The minimum atomic E-state index is -0.431. The Labute approximate surface area is 201 Å². The van der Waals surface area contributed by atoms with E-state index in [1.165, 1.54) is 23.3 Å². The van der Waals surface area contributed by atoms with E-state index in [4.69, 9.17) is 4.74 Å². The number of aliphatic hydroxyl groups is 1. The Balaban J connectivity index is 1.44. The predicted molar refractivity (Wildman–Crippen MR) is 134 cm³/mol. The van der Waals surface area contributed by atoms with Crippen LogP contribution >= 0.6 is 11.3 Å². The molecular formula is C27H36N2O3S. The van der Waals surface area contributed by atoms with Gasteiger partial charge in [0.05, 0.1) is 18.7 Å². The van der Waals surface area contributed by atoms with Crippen molar-refractivity contribution in [3.63, 3.8) is 0 Å². The molecule has 0 spiro atoms. The second-order valence-corrected chi connectivity index (χ2v) is 10.4. The number of aliphatic hydroxyl groups excluding tert-OH is 1. The molecule has 0 bridgehead atoms. The second-order valence-electron chi connectivity index (χ2n) is 9.44. The summed E-state index contributed by atoms with van der Waals surface area (Å²) in [6.07, 6.45) is 6.23. The number of hydrogen-bond acceptors (Lipinski definition) is 5. The van der Waals surface area contributed by atoms with E-state index in [-0.39, 0.29) is 11.9 Å². The van der Waals surface area contributed by atoms with E-state index >= 15 is 0 Å². The van der Waals surface area contributed by atoms with Gasteiger partial charge in [-0.1, -0.05) is 18.2 Å². The van der Waals surface area contributed by atoms with Gasteiger partial charge in [0.15, 0.2) is 0 Å².